The summed E-state index contributed by atoms with van der Waals surface area (Å²) in [7, 11) is 0. The van der Waals surface area contributed by atoms with Crippen LogP contribution in [0.25, 0.3) is 0 Å². The van der Waals surface area contributed by atoms with Crippen LogP contribution >= 0.6 is 0 Å². The number of esters is 2. The topological polar surface area (TPSA) is 91.4 Å². The van der Waals surface area contributed by atoms with Gasteiger partial charge in [-0.05, 0) is 36.0 Å². The van der Waals surface area contributed by atoms with Gasteiger partial charge in [0, 0.05) is 38.8 Å². The first kappa shape index (κ1) is 22.4. The van der Waals surface area contributed by atoms with Crippen molar-refractivity contribution < 1.29 is 33.3 Å². The average Bonchev–Trinajstić information content (AvgIpc) is 3.19. The van der Waals surface area contributed by atoms with Crippen molar-refractivity contribution in [2.75, 3.05) is 26.3 Å². The lowest BCUT2D eigenvalue weighted by atomic mass is 9.63. The van der Waals surface area contributed by atoms with Crippen LogP contribution in [-0.2, 0) is 35.6 Å². The fourth-order valence-corrected chi connectivity index (χ4v) is 4.83. The van der Waals surface area contributed by atoms with Gasteiger partial charge in [0.05, 0.1) is 13.2 Å². The number of nitrogens with zero attached hydrogens (tertiary/aromatic N) is 1. The maximum atomic E-state index is 13.1. The first-order valence-electron chi connectivity index (χ1n) is 11.2. The van der Waals surface area contributed by atoms with Crippen LogP contribution in [0.5, 0.6) is 5.75 Å². The van der Waals surface area contributed by atoms with Crippen LogP contribution in [0.4, 0.5) is 4.79 Å². The molecular weight excluding hydrogens is 414 g/mol. The smallest absolute Gasteiger partial charge is 0.409 e. The molecule has 0 bridgehead atoms. The lowest BCUT2D eigenvalue weighted by molar-refractivity contribution is -0.244. The molecule has 0 unspecified atom stereocenters. The molecule has 0 N–H and O–H groups in total. The van der Waals surface area contributed by atoms with Crippen molar-refractivity contribution in [2.24, 2.45) is 11.8 Å². The number of benzene rings is 1. The molecule has 1 amide bonds. The van der Waals surface area contributed by atoms with Crippen LogP contribution in [0, 0.1) is 11.8 Å². The number of piperidine rings is 1. The number of cyclic esters (lactones) is 2. The SMILES string of the molecule is CC(C)COC(=O)N1CCC(c2ccc3c(c2)CCO3)(C2C(=O)OC(C)(C)OC2=O)CC1. The van der Waals surface area contributed by atoms with Crippen LogP contribution in [-0.4, -0.2) is 55.0 Å². The van der Waals surface area contributed by atoms with Gasteiger partial charge in [0.2, 0.25) is 0 Å². The van der Waals surface area contributed by atoms with E-state index in [1.165, 1.54) is 0 Å². The Labute approximate surface area is 188 Å². The second-order valence-corrected chi connectivity index (χ2v) is 9.71. The van der Waals surface area contributed by atoms with E-state index in [9.17, 15) is 14.4 Å². The highest BCUT2D eigenvalue weighted by molar-refractivity contribution is 5.98. The van der Waals surface area contributed by atoms with Gasteiger partial charge in [0.15, 0.2) is 5.92 Å². The number of ether oxygens (including phenoxy) is 4. The van der Waals surface area contributed by atoms with E-state index in [0.29, 0.717) is 39.1 Å². The van der Waals surface area contributed by atoms with Crippen LogP contribution in [0.15, 0.2) is 18.2 Å². The molecule has 1 aromatic carbocycles. The maximum Gasteiger partial charge on any atom is 0.409 e. The zero-order chi connectivity index (χ0) is 23.1. The molecule has 8 heteroatoms. The van der Waals surface area contributed by atoms with Crippen LogP contribution < -0.4 is 4.74 Å². The molecule has 0 spiro atoms. The summed E-state index contributed by atoms with van der Waals surface area (Å²) in [6.45, 7) is 8.75. The summed E-state index contributed by atoms with van der Waals surface area (Å²) in [4.78, 5) is 40.3. The fourth-order valence-electron chi connectivity index (χ4n) is 4.83. The summed E-state index contributed by atoms with van der Waals surface area (Å²) in [6.07, 6.45) is 1.24. The van der Waals surface area contributed by atoms with Crippen molar-refractivity contribution in [1.82, 2.24) is 4.90 Å². The minimum atomic E-state index is -1.29. The van der Waals surface area contributed by atoms with E-state index in [1.54, 1.807) is 18.7 Å². The Kier molecular flexibility index (Phi) is 5.81. The molecule has 8 nitrogen and oxygen atoms in total. The van der Waals surface area contributed by atoms with E-state index in [0.717, 1.165) is 23.3 Å². The molecular formula is C24H31NO7. The molecule has 0 atom stereocenters. The first-order valence-corrected chi connectivity index (χ1v) is 11.2. The quantitative estimate of drug-likeness (QED) is 0.519. The van der Waals surface area contributed by atoms with Gasteiger partial charge in [-0.2, -0.15) is 0 Å². The molecule has 3 aliphatic rings. The largest absolute Gasteiger partial charge is 0.493 e. The van der Waals surface area contributed by atoms with Gasteiger partial charge in [0.1, 0.15) is 5.75 Å². The second-order valence-electron chi connectivity index (χ2n) is 9.71. The van der Waals surface area contributed by atoms with Crippen molar-refractivity contribution in [3.63, 3.8) is 0 Å². The van der Waals surface area contributed by atoms with E-state index in [1.807, 2.05) is 32.0 Å². The van der Waals surface area contributed by atoms with Crippen molar-refractivity contribution in [3.8, 4) is 5.75 Å². The highest BCUT2D eigenvalue weighted by atomic mass is 16.7. The van der Waals surface area contributed by atoms with Crippen LogP contribution in [0.2, 0.25) is 0 Å². The van der Waals surface area contributed by atoms with E-state index in [2.05, 4.69) is 0 Å². The van der Waals surface area contributed by atoms with Crippen molar-refractivity contribution in [1.29, 1.82) is 0 Å². The number of rotatable bonds is 4. The minimum absolute atomic E-state index is 0.242. The zero-order valence-electron chi connectivity index (χ0n) is 19.1. The van der Waals surface area contributed by atoms with Gasteiger partial charge in [-0.25, -0.2) is 4.79 Å². The molecule has 3 heterocycles. The van der Waals surface area contributed by atoms with Crippen molar-refractivity contribution in [2.45, 2.75) is 58.2 Å². The van der Waals surface area contributed by atoms with E-state index >= 15 is 0 Å². The summed E-state index contributed by atoms with van der Waals surface area (Å²) in [6, 6.07) is 5.83. The molecule has 174 valence electrons. The number of hydrogen-bond acceptors (Lipinski definition) is 7. The number of carbonyl (C=O) groups excluding carboxylic acids is 3. The fraction of sp³-hybridized carbons (Fsp3) is 0.625. The summed E-state index contributed by atoms with van der Waals surface area (Å²) in [5.41, 5.74) is 1.09. The van der Waals surface area contributed by atoms with Gasteiger partial charge in [-0.3, -0.25) is 9.59 Å². The molecule has 2 fully saturated rings. The molecule has 1 aromatic rings. The summed E-state index contributed by atoms with van der Waals surface area (Å²) >= 11 is 0. The Bertz CT molecular complexity index is 895. The predicted molar refractivity (Wildman–Crippen MR) is 114 cm³/mol. The number of fused-ring (bicyclic) bond motifs is 1. The molecule has 0 aromatic heterocycles. The van der Waals surface area contributed by atoms with Crippen LogP contribution in [0.3, 0.4) is 0 Å². The van der Waals surface area contributed by atoms with E-state index < -0.39 is 29.1 Å². The second kappa shape index (κ2) is 8.30. The summed E-state index contributed by atoms with van der Waals surface area (Å²) in [5.74, 6) is -2.48. The monoisotopic (exact) mass is 445 g/mol. The average molecular weight is 446 g/mol. The molecule has 0 aliphatic carbocycles. The Hall–Kier alpha value is -2.77. The highest BCUT2D eigenvalue weighted by Gasteiger charge is 2.56. The molecule has 3 aliphatic heterocycles. The molecule has 2 saturated heterocycles. The molecule has 0 saturated carbocycles. The van der Waals surface area contributed by atoms with Crippen molar-refractivity contribution in [3.05, 3.63) is 29.3 Å². The van der Waals surface area contributed by atoms with E-state index in [4.69, 9.17) is 18.9 Å². The van der Waals surface area contributed by atoms with Gasteiger partial charge in [0.25, 0.3) is 5.79 Å². The molecule has 32 heavy (non-hydrogen) atoms. The maximum absolute atomic E-state index is 13.1. The highest BCUT2D eigenvalue weighted by Crippen LogP contribution is 2.47. The normalized spacial score (nSPS) is 22.1. The lowest BCUT2D eigenvalue weighted by Crippen LogP contribution is -2.58. The zero-order valence-corrected chi connectivity index (χ0v) is 19.1. The first-order chi connectivity index (χ1) is 15.1. The standard InChI is InChI=1S/C24H31NO7/c1-15(2)14-30-22(28)25-10-8-24(9-11-25,17-5-6-18-16(13-17)7-12-29-18)19-20(26)31-23(3,4)32-21(19)27/h5-6,13,15,19H,7-12,14H2,1-4H3. The Morgan fingerprint density at radius 2 is 1.81 bits per heavy atom. The Morgan fingerprint density at radius 1 is 1.16 bits per heavy atom. The Balaban J connectivity index is 1.64. The number of hydrogen-bond donors (Lipinski definition) is 0. The van der Waals surface area contributed by atoms with Crippen LogP contribution in [0.1, 0.15) is 51.7 Å². The van der Waals surface area contributed by atoms with Gasteiger partial charge >= 0.3 is 18.0 Å². The number of amides is 1. The van der Waals surface area contributed by atoms with Gasteiger partial charge < -0.3 is 23.8 Å². The predicted octanol–water partition coefficient (Wildman–Crippen LogP) is 3.20. The Morgan fingerprint density at radius 3 is 2.44 bits per heavy atom. The van der Waals surface area contributed by atoms with E-state index in [-0.39, 0.29) is 12.0 Å². The summed E-state index contributed by atoms with van der Waals surface area (Å²) in [5, 5.41) is 0. The van der Waals surface area contributed by atoms with Gasteiger partial charge in [-0.15, -0.1) is 0 Å². The third kappa shape index (κ3) is 4.14. The third-order valence-corrected chi connectivity index (χ3v) is 6.44. The van der Waals surface area contributed by atoms with Gasteiger partial charge in [-0.1, -0.05) is 26.0 Å². The number of likely N-dealkylation sites (tertiary alicyclic amines) is 1. The number of carbonyl (C=O) groups is 3. The minimum Gasteiger partial charge on any atom is -0.493 e. The third-order valence-electron chi connectivity index (χ3n) is 6.44. The summed E-state index contributed by atoms with van der Waals surface area (Å²) < 4.78 is 22.0. The lowest BCUT2D eigenvalue weighted by Gasteiger charge is -2.47. The van der Waals surface area contributed by atoms with Crippen molar-refractivity contribution >= 4 is 18.0 Å². The molecule has 4 rings (SSSR count). The molecule has 0 radical (unpaired) electrons.